The van der Waals surface area contributed by atoms with Crippen molar-refractivity contribution < 1.29 is 9.15 Å². The van der Waals surface area contributed by atoms with E-state index in [0.717, 1.165) is 54.5 Å². The number of nitrogens with zero attached hydrogens (tertiary/aromatic N) is 3. The van der Waals surface area contributed by atoms with Gasteiger partial charge in [0.1, 0.15) is 16.5 Å². The number of aromatic nitrogens is 2. The van der Waals surface area contributed by atoms with Crippen LogP contribution in [0.5, 0.6) is 0 Å². The minimum atomic E-state index is -0.163. The number of ether oxygens (including phenoxy) is 1. The standard InChI is InChI=1S/C28H27ClN4O3/c1-16-9-20(26-21(10-16)24(34)17(2)25(36-26)19-5-4-8-30-11-19)18(3)31-22-6-7-23(29)32-27(22)33-12-28(13-33)14-35-15-28/h4-11,18,31H,12-15H2,1-3H3. The maximum atomic E-state index is 13.4. The van der Waals surface area contributed by atoms with Crippen LogP contribution in [0.4, 0.5) is 11.5 Å². The van der Waals surface area contributed by atoms with Gasteiger partial charge in [0.05, 0.1) is 35.7 Å². The third-order valence-electron chi connectivity index (χ3n) is 7.16. The Morgan fingerprint density at radius 2 is 1.97 bits per heavy atom. The van der Waals surface area contributed by atoms with Gasteiger partial charge in [-0.3, -0.25) is 9.78 Å². The summed E-state index contributed by atoms with van der Waals surface area (Å²) >= 11 is 6.28. The molecule has 2 fully saturated rings. The fourth-order valence-electron chi connectivity index (χ4n) is 5.24. The van der Waals surface area contributed by atoms with Crippen LogP contribution in [0.15, 0.2) is 58.0 Å². The van der Waals surface area contributed by atoms with E-state index in [4.69, 9.17) is 20.8 Å². The van der Waals surface area contributed by atoms with Crippen molar-refractivity contribution in [1.82, 2.24) is 9.97 Å². The predicted molar refractivity (Wildman–Crippen MR) is 142 cm³/mol. The number of anilines is 2. The van der Waals surface area contributed by atoms with Crippen LogP contribution in [0.3, 0.4) is 0 Å². The number of pyridine rings is 2. The van der Waals surface area contributed by atoms with E-state index < -0.39 is 0 Å². The Balaban J connectivity index is 1.40. The average Bonchev–Trinajstić information content (AvgIpc) is 2.81. The number of halogens is 1. The van der Waals surface area contributed by atoms with Gasteiger partial charge in [-0.15, -0.1) is 0 Å². The summed E-state index contributed by atoms with van der Waals surface area (Å²) in [6.45, 7) is 9.27. The lowest BCUT2D eigenvalue weighted by molar-refractivity contribution is -0.127. The van der Waals surface area contributed by atoms with Crippen molar-refractivity contribution in [1.29, 1.82) is 0 Å². The highest BCUT2D eigenvalue weighted by Crippen LogP contribution is 2.43. The number of hydrogen-bond acceptors (Lipinski definition) is 7. The molecule has 0 aliphatic carbocycles. The van der Waals surface area contributed by atoms with Crippen LogP contribution in [0.25, 0.3) is 22.3 Å². The third kappa shape index (κ3) is 3.83. The summed E-state index contributed by atoms with van der Waals surface area (Å²) in [6, 6.07) is 11.3. The monoisotopic (exact) mass is 502 g/mol. The van der Waals surface area contributed by atoms with Crippen molar-refractivity contribution in [2.45, 2.75) is 26.8 Å². The van der Waals surface area contributed by atoms with Crippen LogP contribution in [-0.4, -0.2) is 36.3 Å². The highest BCUT2D eigenvalue weighted by atomic mass is 35.5. The molecule has 3 aromatic heterocycles. The van der Waals surface area contributed by atoms with Crippen LogP contribution in [0, 0.1) is 19.3 Å². The molecule has 5 heterocycles. The van der Waals surface area contributed by atoms with Gasteiger partial charge < -0.3 is 19.4 Å². The molecule has 0 amide bonds. The molecule has 184 valence electrons. The molecule has 36 heavy (non-hydrogen) atoms. The molecule has 0 saturated carbocycles. The number of nitrogens with one attached hydrogen (secondary N) is 1. The summed E-state index contributed by atoms with van der Waals surface area (Å²) in [6.07, 6.45) is 3.42. The van der Waals surface area contributed by atoms with Crippen LogP contribution in [0.2, 0.25) is 5.15 Å². The summed E-state index contributed by atoms with van der Waals surface area (Å²) in [4.78, 5) is 24.5. The van der Waals surface area contributed by atoms with Gasteiger partial charge in [-0.1, -0.05) is 17.7 Å². The first kappa shape index (κ1) is 23.0. The van der Waals surface area contributed by atoms with Gasteiger partial charge in [-0.05, 0) is 56.7 Å². The van der Waals surface area contributed by atoms with Gasteiger partial charge in [0, 0.05) is 42.2 Å². The highest BCUT2D eigenvalue weighted by Gasteiger charge is 2.50. The minimum absolute atomic E-state index is 0.0327. The first-order chi connectivity index (χ1) is 17.3. The molecular weight excluding hydrogens is 476 g/mol. The van der Waals surface area contributed by atoms with E-state index in [1.807, 2.05) is 31.2 Å². The molecule has 1 atom stereocenters. The zero-order chi connectivity index (χ0) is 25.0. The smallest absolute Gasteiger partial charge is 0.196 e. The van der Waals surface area contributed by atoms with Crippen molar-refractivity contribution >= 4 is 34.1 Å². The van der Waals surface area contributed by atoms with E-state index in [0.29, 0.717) is 27.4 Å². The van der Waals surface area contributed by atoms with Crippen LogP contribution < -0.4 is 15.6 Å². The van der Waals surface area contributed by atoms with E-state index in [9.17, 15) is 4.79 Å². The molecule has 1 aromatic carbocycles. The number of fused-ring (bicyclic) bond motifs is 1. The van der Waals surface area contributed by atoms with Crippen molar-refractivity contribution in [2.75, 3.05) is 36.5 Å². The van der Waals surface area contributed by atoms with Gasteiger partial charge in [0.15, 0.2) is 11.2 Å². The highest BCUT2D eigenvalue weighted by molar-refractivity contribution is 6.29. The van der Waals surface area contributed by atoms with Crippen molar-refractivity contribution in [3.05, 3.63) is 80.9 Å². The van der Waals surface area contributed by atoms with Gasteiger partial charge in [0.25, 0.3) is 0 Å². The Kier molecular flexibility index (Phi) is 5.50. The predicted octanol–water partition coefficient (Wildman–Crippen LogP) is 5.53. The molecule has 6 rings (SSSR count). The lowest BCUT2D eigenvalue weighted by Gasteiger charge is -2.55. The first-order valence-corrected chi connectivity index (χ1v) is 12.5. The van der Waals surface area contributed by atoms with E-state index in [2.05, 4.69) is 33.2 Å². The molecule has 4 aromatic rings. The number of hydrogen-bond donors (Lipinski definition) is 1. The normalized spacial score (nSPS) is 17.1. The quantitative estimate of drug-likeness (QED) is 0.359. The summed E-state index contributed by atoms with van der Waals surface area (Å²) < 4.78 is 11.9. The van der Waals surface area contributed by atoms with Gasteiger partial charge >= 0.3 is 0 Å². The maximum absolute atomic E-state index is 13.4. The minimum Gasteiger partial charge on any atom is -0.455 e. The average molecular weight is 503 g/mol. The molecule has 0 radical (unpaired) electrons. The number of aryl methyl sites for hydroxylation is 1. The third-order valence-corrected chi connectivity index (χ3v) is 7.37. The molecule has 1 N–H and O–H groups in total. The van der Waals surface area contributed by atoms with E-state index >= 15 is 0 Å². The van der Waals surface area contributed by atoms with E-state index in [-0.39, 0.29) is 16.9 Å². The lowest BCUT2D eigenvalue weighted by atomic mass is 9.78. The second kappa shape index (κ2) is 8.61. The Morgan fingerprint density at radius 1 is 1.17 bits per heavy atom. The number of benzene rings is 1. The molecular formula is C28H27ClN4O3. The SMILES string of the molecule is Cc1cc(C(C)Nc2ccc(Cl)nc2N2CC3(COC3)C2)c2oc(-c3cccnc3)c(C)c(=O)c2c1. The zero-order valence-corrected chi connectivity index (χ0v) is 21.2. The van der Waals surface area contributed by atoms with Crippen molar-refractivity contribution in [3.8, 4) is 11.3 Å². The second-order valence-corrected chi connectivity index (χ2v) is 10.5. The molecule has 2 aliphatic rings. The fraction of sp³-hybridized carbons (Fsp3) is 0.321. The topological polar surface area (TPSA) is 80.5 Å². The maximum Gasteiger partial charge on any atom is 0.196 e. The summed E-state index contributed by atoms with van der Waals surface area (Å²) in [5.74, 6) is 1.37. The molecule has 7 nitrogen and oxygen atoms in total. The molecule has 2 saturated heterocycles. The number of rotatable bonds is 5. The Labute approximate surface area is 214 Å². The lowest BCUT2D eigenvalue weighted by Crippen LogP contribution is -2.66. The Hall–Kier alpha value is -3.42. The van der Waals surface area contributed by atoms with Crippen molar-refractivity contribution in [2.24, 2.45) is 5.41 Å². The Bertz CT molecular complexity index is 1520. The summed E-state index contributed by atoms with van der Waals surface area (Å²) in [7, 11) is 0. The first-order valence-electron chi connectivity index (χ1n) is 12.1. The molecule has 1 unspecified atom stereocenters. The largest absolute Gasteiger partial charge is 0.455 e. The fourth-order valence-corrected chi connectivity index (χ4v) is 5.38. The van der Waals surface area contributed by atoms with Gasteiger partial charge in [0.2, 0.25) is 0 Å². The zero-order valence-electron chi connectivity index (χ0n) is 20.5. The molecule has 2 aliphatic heterocycles. The Morgan fingerprint density at radius 3 is 2.67 bits per heavy atom. The van der Waals surface area contributed by atoms with Crippen LogP contribution in [-0.2, 0) is 4.74 Å². The van der Waals surface area contributed by atoms with Crippen LogP contribution >= 0.6 is 11.6 Å². The second-order valence-electron chi connectivity index (χ2n) is 10.1. The van der Waals surface area contributed by atoms with E-state index in [1.165, 1.54) is 0 Å². The summed E-state index contributed by atoms with van der Waals surface area (Å²) in [5.41, 5.74) is 4.93. The van der Waals surface area contributed by atoms with Crippen LogP contribution in [0.1, 0.15) is 29.7 Å². The molecule has 0 bridgehead atoms. The van der Waals surface area contributed by atoms with Crippen molar-refractivity contribution in [3.63, 3.8) is 0 Å². The molecule has 8 heteroatoms. The van der Waals surface area contributed by atoms with Gasteiger partial charge in [-0.25, -0.2) is 4.98 Å². The molecule has 1 spiro atoms. The summed E-state index contributed by atoms with van der Waals surface area (Å²) in [5, 5.41) is 4.64. The van der Waals surface area contributed by atoms with Gasteiger partial charge in [-0.2, -0.15) is 0 Å². The van der Waals surface area contributed by atoms with E-state index in [1.54, 1.807) is 25.4 Å².